The van der Waals surface area contributed by atoms with Gasteiger partial charge < -0.3 is 14.7 Å². The molecule has 2 aromatic rings. The summed E-state index contributed by atoms with van der Waals surface area (Å²) >= 11 is 5.82. The molecule has 0 fully saturated rings. The number of nitrogens with one attached hydrogen (secondary N) is 1. The SMILES string of the molecule is O=C(NCc1ccc(Cl)cc1)N1CCc2oncc2C1. The van der Waals surface area contributed by atoms with Crippen LogP contribution in [0.5, 0.6) is 0 Å². The third kappa shape index (κ3) is 2.77. The molecule has 0 unspecified atom stereocenters. The Morgan fingerprint density at radius 1 is 1.40 bits per heavy atom. The summed E-state index contributed by atoms with van der Waals surface area (Å²) in [6.07, 6.45) is 2.39. The van der Waals surface area contributed by atoms with E-state index in [-0.39, 0.29) is 6.03 Å². The smallest absolute Gasteiger partial charge is 0.317 e. The summed E-state index contributed by atoms with van der Waals surface area (Å²) in [6, 6.07) is 7.35. The summed E-state index contributed by atoms with van der Waals surface area (Å²) in [5.74, 6) is 0.881. The Morgan fingerprint density at radius 3 is 3.00 bits per heavy atom. The number of nitrogens with zero attached hydrogens (tertiary/aromatic N) is 2. The third-order valence-electron chi connectivity index (χ3n) is 3.34. The number of benzene rings is 1. The first-order valence-corrected chi connectivity index (χ1v) is 6.80. The summed E-state index contributed by atoms with van der Waals surface area (Å²) in [7, 11) is 0. The number of fused-ring (bicyclic) bond motifs is 1. The van der Waals surface area contributed by atoms with Gasteiger partial charge in [0.1, 0.15) is 5.76 Å². The van der Waals surface area contributed by atoms with Crippen molar-refractivity contribution >= 4 is 17.6 Å². The zero-order valence-electron chi connectivity index (χ0n) is 10.8. The fraction of sp³-hybridized carbons (Fsp3) is 0.286. The van der Waals surface area contributed by atoms with Crippen LogP contribution < -0.4 is 5.32 Å². The predicted octanol–water partition coefficient (Wildman–Crippen LogP) is 2.60. The Morgan fingerprint density at radius 2 is 2.20 bits per heavy atom. The minimum absolute atomic E-state index is 0.0770. The van der Waals surface area contributed by atoms with Crippen LogP contribution >= 0.6 is 11.6 Å². The van der Waals surface area contributed by atoms with Crippen molar-refractivity contribution in [1.29, 1.82) is 0 Å². The summed E-state index contributed by atoms with van der Waals surface area (Å²) in [5, 5.41) is 7.35. The second kappa shape index (κ2) is 5.54. The molecule has 20 heavy (non-hydrogen) atoms. The molecule has 5 nitrogen and oxygen atoms in total. The largest absolute Gasteiger partial charge is 0.361 e. The lowest BCUT2D eigenvalue weighted by atomic mass is 10.1. The summed E-state index contributed by atoms with van der Waals surface area (Å²) in [6.45, 7) is 1.68. The number of hydrogen-bond donors (Lipinski definition) is 1. The van der Waals surface area contributed by atoms with Crippen LogP contribution in [0.25, 0.3) is 0 Å². The van der Waals surface area contributed by atoms with Crippen LogP contribution in [0.2, 0.25) is 5.02 Å². The number of urea groups is 1. The lowest BCUT2D eigenvalue weighted by molar-refractivity contribution is 0.188. The molecule has 1 N–H and O–H groups in total. The fourth-order valence-corrected chi connectivity index (χ4v) is 2.33. The number of aromatic nitrogens is 1. The van der Waals surface area contributed by atoms with E-state index in [1.165, 1.54) is 0 Å². The van der Waals surface area contributed by atoms with Gasteiger partial charge in [-0.05, 0) is 17.7 Å². The lowest BCUT2D eigenvalue weighted by Gasteiger charge is -2.25. The van der Waals surface area contributed by atoms with Crippen LogP contribution in [0.3, 0.4) is 0 Å². The molecule has 0 aliphatic carbocycles. The second-order valence-electron chi connectivity index (χ2n) is 4.73. The highest BCUT2D eigenvalue weighted by Gasteiger charge is 2.23. The van der Waals surface area contributed by atoms with E-state index in [4.69, 9.17) is 16.1 Å². The molecule has 1 aliphatic rings. The number of carbonyl (C=O) groups is 1. The van der Waals surface area contributed by atoms with E-state index < -0.39 is 0 Å². The average molecular weight is 292 g/mol. The monoisotopic (exact) mass is 291 g/mol. The molecular formula is C14H14ClN3O2. The van der Waals surface area contributed by atoms with Gasteiger partial charge in [-0.25, -0.2) is 4.79 Å². The van der Waals surface area contributed by atoms with Crippen LogP contribution in [0.15, 0.2) is 35.0 Å². The van der Waals surface area contributed by atoms with Gasteiger partial charge in [0, 0.05) is 30.1 Å². The maximum Gasteiger partial charge on any atom is 0.317 e. The zero-order valence-corrected chi connectivity index (χ0v) is 11.6. The van der Waals surface area contributed by atoms with Crippen molar-refractivity contribution in [3.05, 3.63) is 52.4 Å². The van der Waals surface area contributed by atoms with E-state index in [1.54, 1.807) is 11.1 Å². The number of rotatable bonds is 2. The van der Waals surface area contributed by atoms with Crippen LogP contribution in [-0.4, -0.2) is 22.6 Å². The van der Waals surface area contributed by atoms with Crippen molar-refractivity contribution in [1.82, 2.24) is 15.4 Å². The molecule has 0 saturated heterocycles. The van der Waals surface area contributed by atoms with E-state index in [0.717, 1.165) is 16.9 Å². The van der Waals surface area contributed by atoms with Gasteiger partial charge >= 0.3 is 6.03 Å². The molecular weight excluding hydrogens is 278 g/mol. The molecule has 1 aromatic heterocycles. The number of halogens is 1. The highest BCUT2D eigenvalue weighted by molar-refractivity contribution is 6.30. The summed E-state index contributed by atoms with van der Waals surface area (Å²) in [4.78, 5) is 13.9. The quantitative estimate of drug-likeness (QED) is 0.925. The third-order valence-corrected chi connectivity index (χ3v) is 3.60. The summed E-state index contributed by atoms with van der Waals surface area (Å²) in [5.41, 5.74) is 2.00. The van der Waals surface area contributed by atoms with Crippen LogP contribution in [0.1, 0.15) is 16.9 Å². The Balaban J connectivity index is 1.56. The molecule has 0 spiro atoms. The van der Waals surface area contributed by atoms with Crippen molar-refractivity contribution in [2.75, 3.05) is 6.54 Å². The van der Waals surface area contributed by atoms with Crippen LogP contribution in [-0.2, 0) is 19.5 Å². The first kappa shape index (κ1) is 13.0. The van der Waals surface area contributed by atoms with Crippen molar-refractivity contribution in [2.24, 2.45) is 0 Å². The molecule has 0 bridgehead atoms. The Kier molecular flexibility index (Phi) is 3.60. The summed E-state index contributed by atoms with van der Waals surface area (Å²) < 4.78 is 5.10. The molecule has 2 heterocycles. The molecule has 6 heteroatoms. The van der Waals surface area contributed by atoms with E-state index in [1.807, 2.05) is 24.3 Å². The fourth-order valence-electron chi connectivity index (χ4n) is 2.21. The molecule has 2 amide bonds. The highest BCUT2D eigenvalue weighted by atomic mass is 35.5. The standard InChI is InChI=1S/C14H14ClN3O2/c15-12-3-1-10(2-4-12)7-16-14(19)18-6-5-13-11(9-18)8-17-20-13/h1-4,8H,5-7,9H2,(H,16,19). The maximum atomic E-state index is 12.1. The minimum atomic E-state index is -0.0770. The molecule has 0 atom stereocenters. The normalized spacial score (nSPS) is 13.9. The van der Waals surface area contributed by atoms with Gasteiger partial charge in [0.2, 0.25) is 0 Å². The first-order valence-electron chi connectivity index (χ1n) is 6.42. The Bertz CT molecular complexity index is 609. The van der Waals surface area contributed by atoms with E-state index in [9.17, 15) is 4.79 Å². The molecule has 3 rings (SSSR count). The van der Waals surface area contributed by atoms with Crippen molar-refractivity contribution < 1.29 is 9.32 Å². The second-order valence-corrected chi connectivity index (χ2v) is 5.17. The highest BCUT2D eigenvalue weighted by Crippen LogP contribution is 2.18. The van der Waals surface area contributed by atoms with Crippen molar-refractivity contribution in [3.63, 3.8) is 0 Å². The van der Waals surface area contributed by atoms with Gasteiger partial charge in [-0.2, -0.15) is 0 Å². The first-order chi connectivity index (χ1) is 9.72. The minimum Gasteiger partial charge on any atom is -0.361 e. The topological polar surface area (TPSA) is 58.4 Å². The van der Waals surface area contributed by atoms with Crippen LogP contribution in [0, 0.1) is 0 Å². The number of hydrogen-bond acceptors (Lipinski definition) is 3. The Hall–Kier alpha value is -2.01. The van der Waals surface area contributed by atoms with E-state index in [0.29, 0.717) is 31.1 Å². The Labute approximate surface area is 121 Å². The maximum absolute atomic E-state index is 12.1. The van der Waals surface area contributed by atoms with Crippen molar-refractivity contribution in [3.8, 4) is 0 Å². The van der Waals surface area contributed by atoms with Crippen molar-refractivity contribution in [2.45, 2.75) is 19.5 Å². The van der Waals surface area contributed by atoms with Gasteiger partial charge in [-0.1, -0.05) is 28.9 Å². The van der Waals surface area contributed by atoms with Crippen LogP contribution in [0.4, 0.5) is 4.79 Å². The molecule has 1 aliphatic heterocycles. The van der Waals surface area contributed by atoms with E-state index >= 15 is 0 Å². The van der Waals surface area contributed by atoms with Gasteiger partial charge in [0.05, 0.1) is 12.7 Å². The van der Waals surface area contributed by atoms with Gasteiger partial charge in [-0.15, -0.1) is 0 Å². The number of amides is 2. The zero-order chi connectivity index (χ0) is 13.9. The molecule has 0 radical (unpaired) electrons. The molecule has 104 valence electrons. The lowest BCUT2D eigenvalue weighted by Crippen LogP contribution is -2.42. The van der Waals surface area contributed by atoms with Gasteiger partial charge in [0.15, 0.2) is 0 Å². The van der Waals surface area contributed by atoms with E-state index in [2.05, 4.69) is 10.5 Å². The molecule has 0 saturated carbocycles. The molecule has 1 aromatic carbocycles. The van der Waals surface area contributed by atoms with Gasteiger partial charge in [0.25, 0.3) is 0 Å². The number of carbonyl (C=O) groups excluding carboxylic acids is 1. The predicted molar refractivity (Wildman–Crippen MR) is 74.3 cm³/mol. The average Bonchev–Trinajstić information content (AvgIpc) is 2.93. The van der Waals surface area contributed by atoms with Gasteiger partial charge in [-0.3, -0.25) is 0 Å².